The van der Waals surface area contributed by atoms with Crippen LogP contribution in [0.25, 0.3) is 0 Å². The number of aryl methyl sites for hydroxylation is 1. The van der Waals surface area contributed by atoms with Crippen LogP contribution in [0.1, 0.15) is 24.0 Å². The summed E-state index contributed by atoms with van der Waals surface area (Å²) in [5.41, 5.74) is 2.07. The molecular weight excluding hydrogens is 366 g/mol. The molecule has 4 aliphatic heterocycles. The smallest absolute Gasteiger partial charge is 0.250 e. The molecule has 1 spiro atoms. The van der Waals surface area contributed by atoms with Gasteiger partial charge in [-0.15, -0.1) is 0 Å². The lowest BCUT2D eigenvalue weighted by atomic mass is 9.75. The van der Waals surface area contributed by atoms with E-state index in [1.54, 1.807) is 6.07 Å². The summed E-state index contributed by atoms with van der Waals surface area (Å²) in [4.78, 5) is 44.2. The fourth-order valence-corrected chi connectivity index (χ4v) is 6.18. The van der Waals surface area contributed by atoms with Gasteiger partial charge >= 0.3 is 0 Å². The van der Waals surface area contributed by atoms with Gasteiger partial charge in [-0.05, 0) is 50.1 Å². The second kappa shape index (κ2) is 5.54. The van der Waals surface area contributed by atoms with Gasteiger partial charge < -0.3 is 5.32 Å². The van der Waals surface area contributed by atoms with Crippen molar-refractivity contribution in [2.24, 2.45) is 11.8 Å². The largest absolute Gasteiger partial charge is 0.324 e. The first-order valence-electron chi connectivity index (χ1n) is 10.2. The van der Waals surface area contributed by atoms with Gasteiger partial charge in [-0.25, -0.2) is 4.90 Å². The Bertz CT molecular complexity index is 1100. The maximum absolute atomic E-state index is 13.8. The van der Waals surface area contributed by atoms with Crippen LogP contribution in [0.15, 0.2) is 48.5 Å². The van der Waals surface area contributed by atoms with E-state index >= 15 is 0 Å². The zero-order chi connectivity index (χ0) is 19.9. The number of carbonyl (C=O) groups excluding carboxylic acids is 3. The second-order valence-electron chi connectivity index (χ2n) is 8.52. The number of para-hydroxylation sites is 1. The molecule has 0 radical (unpaired) electrons. The fraction of sp³-hybridized carbons (Fsp3) is 0.348. The number of imide groups is 1. The lowest BCUT2D eigenvalue weighted by Crippen LogP contribution is -2.54. The van der Waals surface area contributed by atoms with Gasteiger partial charge in [0.2, 0.25) is 17.7 Å². The molecule has 29 heavy (non-hydrogen) atoms. The van der Waals surface area contributed by atoms with Crippen molar-refractivity contribution in [3.05, 3.63) is 59.7 Å². The first kappa shape index (κ1) is 16.9. The lowest BCUT2D eigenvalue weighted by Gasteiger charge is -2.36. The number of hydrogen-bond acceptors (Lipinski definition) is 4. The first-order chi connectivity index (χ1) is 14.0. The van der Waals surface area contributed by atoms with Gasteiger partial charge in [0.05, 0.1) is 17.5 Å². The van der Waals surface area contributed by atoms with Crippen molar-refractivity contribution in [1.29, 1.82) is 0 Å². The van der Waals surface area contributed by atoms with E-state index < -0.39 is 17.4 Å². The Hall–Kier alpha value is -2.99. The van der Waals surface area contributed by atoms with Gasteiger partial charge in [0.1, 0.15) is 5.54 Å². The summed E-state index contributed by atoms with van der Waals surface area (Å²) in [6.45, 7) is 2.67. The predicted octanol–water partition coefficient (Wildman–Crippen LogP) is 2.43. The van der Waals surface area contributed by atoms with Gasteiger partial charge in [0, 0.05) is 17.3 Å². The molecule has 6 rings (SSSR count). The minimum Gasteiger partial charge on any atom is -0.324 e. The number of nitrogens with one attached hydrogen (secondary N) is 1. The van der Waals surface area contributed by atoms with Crippen LogP contribution < -0.4 is 10.2 Å². The fourth-order valence-electron chi connectivity index (χ4n) is 6.18. The molecule has 3 saturated heterocycles. The van der Waals surface area contributed by atoms with Crippen LogP contribution in [-0.2, 0) is 19.9 Å². The summed E-state index contributed by atoms with van der Waals surface area (Å²) in [7, 11) is 0. The monoisotopic (exact) mass is 387 g/mol. The number of carbonyl (C=O) groups is 3. The molecule has 2 aromatic carbocycles. The van der Waals surface area contributed by atoms with Crippen molar-refractivity contribution >= 4 is 29.1 Å². The average molecular weight is 387 g/mol. The summed E-state index contributed by atoms with van der Waals surface area (Å²) >= 11 is 0. The van der Waals surface area contributed by atoms with E-state index in [2.05, 4.69) is 10.2 Å². The number of nitrogens with zero attached hydrogens (tertiary/aromatic N) is 2. The number of amides is 3. The second-order valence-corrected chi connectivity index (χ2v) is 8.52. The highest BCUT2D eigenvalue weighted by atomic mass is 16.2. The molecule has 0 aromatic heterocycles. The highest BCUT2D eigenvalue weighted by Gasteiger charge is 2.74. The van der Waals surface area contributed by atoms with E-state index in [9.17, 15) is 14.4 Å². The molecule has 3 fully saturated rings. The van der Waals surface area contributed by atoms with Crippen LogP contribution in [0.4, 0.5) is 11.4 Å². The molecule has 6 heteroatoms. The summed E-state index contributed by atoms with van der Waals surface area (Å²) in [5.74, 6) is -1.78. The third-order valence-electron chi connectivity index (χ3n) is 7.16. The van der Waals surface area contributed by atoms with Crippen molar-refractivity contribution in [3.63, 3.8) is 0 Å². The van der Waals surface area contributed by atoms with Crippen LogP contribution in [0, 0.1) is 18.8 Å². The van der Waals surface area contributed by atoms with E-state index in [0.29, 0.717) is 5.69 Å². The maximum Gasteiger partial charge on any atom is 0.250 e. The lowest BCUT2D eigenvalue weighted by molar-refractivity contribution is -0.135. The maximum atomic E-state index is 13.8. The molecule has 146 valence electrons. The standard InChI is InChI=1S/C23H21N3O3/c1-13-6-4-7-14(12-13)26-20(27)18-17-10-5-11-25(17)23(19(18)21(26)28)15-8-2-3-9-16(15)24-22(23)29/h2-4,6-9,12,17-19H,5,10-11H2,1H3,(H,24,29)/t17-,18+,19-,23+/m0/s1. The van der Waals surface area contributed by atoms with Gasteiger partial charge in [-0.3, -0.25) is 19.3 Å². The van der Waals surface area contributed by atoms with Crippen molar-refractivity contribution in [3.8, 4) is 0 Å². The van der Waals surface area contributed by atoms with E-state index in [0.717, 1.165) is 36.2 Å². The molecular formula is C23H21N3O3. The zero-order valence-electron chi connectivity index (χ0n) is 16.1. The predicted molar refractivity (Wildman–Crippen MR) is 107 cm³/mol. The van der Waals surface area contributed by atoms with Crippen LogP contribution >= 0.6 is 0 Å². The Morgan fingerprint density at radius 1 is 1.03 bits per heavy atom. The number of hydrogen-bond donors (Lipinski definition) is 1. The van der Waals surface area contributed by atoms with Crippen molar-refractivity contribution < 1.29 is 14.4 Å². The molecule has 4 heterocycles. The minimum absolute atomic E-state index is 0.0804. The van der Waals surface area contributed by atoms with Gasteiger partial charge in [-0.1, -0.05) is 30.3 Å². The summed E-state index contributed by atoms with van der Waals surface area (Å²) in [6.07, 6.45) is 1.76. The molecule has 1 N–H and O–H groups in total. The van der Waals surface area contributed by atoms with Crippen LogP contribution in [0.3, 0.4) is 0 Å². The van der Waals surface area contributed by atoms with Gasteiger partial charge in [0.25, 0.3) is 0 Å². The number of anilines is 2. The van der Waals surface area contributed by atoms with Gasteiger partial charge in [0.15, 0.2) is 0 Å². The number of benzene rings is 2. The molecule has 3 amide bonds. The normalized spacial score (nSPS) is 32.7. The van der Waals surface area contributed by atoms with Crippen molar-refractivity contribution in [2.75, 3.05) is 16.8 Å². The molecule has 6 nitrogen and oxygen atoms in total. The Morgan fingerprint density at radius 2 is 1.86 bits per heavy atom. The van der Waals surface area contributed by atoms with Crippen molar-refractivity contribution in [2.45, 2.75) is 31.3 Å². The molecule has 4 aliphatic rings. The molecule has 0 unspecified atom stereocenters. The Balaban J connectivity index is 1.56. The Labute approximate surface area is 168 Å². The molecule has 0 saturated carbocycles. The minimum atomic E-state index is -1.09. The molecule has 0 aliphatic carbocycles. The third kappa shape index (κ3) is 1.88. The number of rotatable bonds is 1. The Kier molecular flexibility index (Phi) is 3.23. The van der Waals surface area contributed by atoms with E-state index in [1.165, 1.54) is 4.90 Å². The molecule has 2 aromatic rings. The molecule has 0 bridgehead atoms. The third-order valence-corrected chi connectivity index (χ3v) is 7.16. The summed E-state index contributed by atoms with van der Waals surface area (Å²) in [5, 5.41) is 2.99. The van der Waals surface area contributed by atoms with E-state index in [-0.39, 0.29) is 23.8 Å². The average Bonchev–Trinajstić information content (AvgIpc) is 3.40. The highest BCUT2D eigenvalue weighted by molar-refractivity contribution is 6.25. The highest BCUT2D eigenvalue weighted by Crippen LogP contribution is 2.60. The topological polar surface area (TPSA) is 69.7 Å². The molecule has 4 atom stereocenters. The van der Waals surface area contributed by atoms with Gasteiger partial charge in [-0.2, -0.15) is 0 Å². The Morgan fingerprint density at radius 3 is 2.69 bits per heavy atom. The summed E-state index contributed by atoms with van der Waals surface area (Å²) < 4.78 is 0. The van der Waals surface area contributed by atoms with E-state index in [4.69, 9.17) is 0 Å². The SMILES string of the molecule is Cc1cccc(N2C(=O)[C@H]3[C@@H](C2=O)[C@]2(C(=O)Nc4ccccc42)N2CCC[C@@H]32)c1. The van der Waals surface area contributed by atoms with Crippen LogP contribution in [0.5, 0.6) is 0 Å². The quantitative estimate of drug-likeness (QED) is 0.763. The van der Waals surface area contributed by atoms with Crippen molar-refractivity contribution in [1.82, 2.24) is 4.90 Å². The van der Waals surface area contributed by atoms with Crippen LogP contribution in [0.2, 0.25) is 0 Å². The first-order valence-corrected chi connectivity index (χ1v) is 10.2. The summed E-state index contributed by atoms with van der Waals surface area (Å²) in [6, 6.07) is 15.0. The zero-order valence-corrected chi connectivity index (χ0v) is 16.1. The number of fused-ring (bicyclic) bond motifs is 7. The van der Waals surface area contributed by atoms with Crippen LogP contribution in [-0.4, -0.2) is 35.2 Å². The van der Waals surface area contributed by atoms with E-state index in [1.807, 2.05) is 49.4 Å².